The third-order valence-electron chi connectivity index (χ3n) is 4.98. The van der Waals surface area contributed by atoms with Crippen molar-refractivity contribution < 1.29 is 14.7 Å². The average Bonchev–Trinajstić information content (AvgIpc) is 2.98. The first-order chi connectivity index (χ1) is 13.0. The summed E-state index contributed by atoms with van der Waals surface area (Å²) in [6.45, 7) is 4.16. The van der Waals surface area contributed by atoms with Crippen molar-refractivity contribution in [1.29, 1.82) is 0 Å². The van der Waals surface area contributed by atoms with E-state index in [1.165, 1.54) is 0 Å². The van der Waals surface area contributed by atoms with Gasteiger partial charge in [0.05, 0.1) is 12.6 Å². The average molecular weight is 366 g/mol. The van der Waals surface area contributed by atoms with E-state index in [9.17, 15) is 14.7 Å². The number of fused-ring (bicyclic) bond motifs is 1. The molecule has 0 spiro atoms. The van der Waals surface area contributed by atoms with E-state index in [1.54, 1.807) is 11.0 Å². The Kier molecular flexibility index (Phi) is 5.91. The molecule has 0 radical (unpaired) electrons. The van der Waals surface area contributed by atoms with Crippen molar-refractivity contribution in [2.75, 3.05) is 6.61 Å². The van der Waals surface area contributed by atoms with Crippen molar-refractivity contribution in [3.63, 3.8) is 0 Å². The molecular weight excluding hydrogens is 340 g/mol. The molecule has 0 saturated carbocycles. The van der Waals surface area contributed by atoms with Gasteiger partial charge in [-0.25, -0.2) is 0 Å². The second kappa shape index (κ2) is 8.35. The molecule has 2 amide bonds. The Morgan fingerprint density at radius 3 is 2.41 bits per heavy atom. The number of carbonyl (C=O) groups is 2. The van der Waals surface area contributed by atoms with Crippen LogP contribution in [0.2, 0.25) is 0 Å². The molecule has 0 fully saturated rings. The summed E-state index contributed by atoms with van der Waals surface area (Å²) in [5.41, 5.74) is 2.66. The Morgan fingerprint density at radius 2 is 1.78 bits per heavy atom. The number of nitrogens with zero attached hydrogens (tertiary/aromatic N) is 1. The highest BCUT2D eigenvalue weighted by Gasteiger charge is 2.38. The van der Waals surface area contributed by atoms with E-state index in [2.05, 4.69) is 5.32 Å². The minimum Gasteiger partial charge on any atom is -0.394 e. The Hall–Kier alpha value is -2.66. The third-order valence-corrected chi connectivity index (χ3v) is 4.98. The van der Waals surface area contributed by atoms with Gasteiger partial charge in [-0.3, -0.25) is 9.59 Å². The number of aliphatic hydroxyl groups is 1. The minimum absolute atomic E-state index is 0.0423. The van der Waals surface area contributed by atoms with E-state index < -0.39 is 6.04 Å². The zero-order chi connectivity index (χ0) is 19.4. The maximum atomic E-state index is 13.0. The maximum Gasteiger partial charge on any atom is 0.255 e. The molecule has 5 nitrogen and oxygen atoms in total. The highest BCUT2D eigenvalue weighted by molar-refractivity contribution is 6.01. The Morgan fingerprint density at radius 1 is 1.11 bits per heavy atom. The lowest BCUT2D eigenvalue weighted by Gasteiger charge is -2.31. The first-order valence-corrected chi connectivity index (χ1v) is 9.35. The molecule has 0 aliphatic carbocycles. The van der Waals surface area contributed by atoms with E-state index in [0.29, 0.717) is 18.5 Å². The summed E-state index contributed by atoms with van der Waals surface area (Å²) < 4.78 is 0. The van der Waals surface area contributed by atoms with Crippen LogP contribution in [0.15, 0.2) is 54.6 Å². The van der Waals surface area contributed by atoms with E-state index in [0.717, 1.165) is 11.1 Å². The molecule has 5 heteroatoms. The van der Waals surface area contributed by atoms with Gasteiger partial charge in [0.1, 0.15) is 6.04 Å². The van der Waals surface area contributed by atoms with Gasteiger partial charge in [0, 0.05) is 12.1 Å². The molecule has 1 aliphatic rings. The van der Waals surface area contributed by atoms with Crippen LogP contribution in [0.3, 0.4) is 0 Å². The molecule has 2 N–H and O–H groups in total. The first-order valence-electron chi connectivity index (χ1n) is 9.35. The van der Waals surface area contributed by atoms with E-state index in [4.69, 9.17) is 0 Å². The maximum absolute atomic E-state index is 13.0. The lowest BCUT2D eigenvalue weighted by molar-refractivity contribution is -0.128. The Balaban J connectivity index is 1.73. The molecule has 0 bridgehead atoms. The molecule has 0 saturated heterocycles. The lowest BCUT2D eigenvalue weighted by Crippen LogP contribution is -2.53. The van der Waals surface area contributed by atoms with E-state index in [1.807, 2.05) is 62.4 Å². The molecule has 2 aromatic rings. The topological polar surface area (TPSA) is 69.6 Å². The molecule has 1 aliphatic heterocycles. The molecule has 0 unspecified atom stereocenters. The number of rotatable bonds is 7. The highest BCUT2D eigenvalue weighted by Crippen LogP contribution is 2.27. The fourth-order valence-electron chi connectivity index (χ4n) is 3.65. The van der Waals surface area contributed by atoms with Crippen molar-refractivity contribution in [2.24, 2.45) is 5.92 Å². The van der Waals surface area contributed by atoms with Crippen molar-refractivity contribution in [3.8, 4) is 0 Å². The van der Waals surface area contributed by atoms with Gasteiger partial charge >= 0.3 is 0 Å². The fourth-order valence-corrected chi connectivity index (χ4v) is 3.65. The van der Waals surface area contributed by atoms with Crippen LogP contribution in [0, 0.1) is 5.92 Å². The second-order valence-corrected chi connectivity index (χ2v) is 7.36. The summed E-state index contributed by atoms with van der Waals surface area (Å²) in [7, 11) is 0. The highest BCUT2D eigenvalue weighted by atomic mass is 16.3. The van der Waals surface area contributed by atoms with Crippen LogP contribution in [-0.4, -0.2) is 40.5 Å². The molecule has 2 aromatic carbocycles. The minimum atomic E-state index is -0.574. The number of nitrogens with one attached hydrogen (secondary N) is 1. The molecule has 2 atom stereocenters. The summed E-state index contributed by atoms with van der Waals surface area (Å²) >= 11 is 0. The normalized spacial score (nSPS) is 15.6. The number of carbonyl (C=O) groups excluding carboxylic acids is 2. The van der Waals surface area contributed by atoms with Crippen LogP contribution in [0.5, 0.6) is 0 Å². The van der Waals surface area contributed by atoms with Gasteiger partial charge in [0.25, 0.3) is 5.91 Å². The Bertz CT molecular complexity index is 804. The summed E-state index contributed by atoms with van der Waals surface area (Å²) in [4.78, 5) is 27.4. The van der Waals surface area contributed by atoms with Crippen LogP contribution in [0.1, 0.15) is 35.3 Å². The first kappa shape index (κ1) is 19.1. The lowest BCUT2D eigenvalue weighted by atomic mass is 10.00. The zero-order valence-electron chi connectivity index (χ0n) is 15.8. The molecule has 3 rings (SSSR count). The summed E-state index contributed by atoms with van der Waals surface area (Å²) in [5, 5.41) is 12.7. The number of hydrogen-bond acceptors (Lipinski definition) is 3. The summed E-state index contributed by atoms with van der Waals surface area (Å²) in [6, 6.07) is 16.2. The van der Waals surface area contributed by atoms with Crippen LogP contribution < -0.4 is 5.32 Å². The number of benzene rings is 2. The van der Waals surface area contributed by atoms with E-state index in [-0.39, 0.29) is 30.4 Å². The second-order valence-electron chi connectivity index (χ2n) is 7.36. The standard InChI is InChI=1S/C22H26N2O3/c1-15(2)20(24-13-17-10-6-7-11-19(17)22(24)27)21(26)23-18(14-25)12-16-8-4-3-5-9-16/h3-11,15,18,20,25H,12-14H2,1-2H3,(H,23,26)/t18-,20-/m0/s1. The zero-order valence-corrected chi connectivity index (χ0v) is 15.8. The number of hydrogen-bond donors (Lipinski definition) is 2. The van der Waals surface area contributed by atoms with Gasteiger partial charge in [-0.2, -0.15) is 0 Å². The predicted octanol–water partition coefficient (Wildman–Crippen LogP) is 2.39. The number of aliphatic hydroxyl groups excluding tert-OH is 1. The third kappa shape index (κ3) is 4.19. The van der Waals surface area contributed by atoms with E-state index >= 15 is 0 Å². The molecular formula is C22H26N2O3. The van der Waals surface area contributed by atoms with Crippen molar-refractivity contribution >= 4 is 11.8 Å². The Labute approximate surface area is 160 Å². The molecule has 1 heterocycles. The quantitative estimate of drug-likeness (QED) is 0.790. The van der Waals surface area contributed by atoms with Gasteiger partial charge in [-0.05, 0) is 29.5 Å². The predicted molar refractivity (Wildman–Crippen MR) is 104 cm³/mol. The van der Waals surface area contributed by atoms with Crippen molar-refractivity contribution in [3.05, 3.63) is 71.3 Å². The van der Waals surface area contributed by atoms with Crippen molar-refractivity contribution in [1.82, 2.24) is 10.2 Å². The van der Waals surface area contributed by atoms with Gasteiger partial charge in [0.15, 0.2) is 0 Å². The summed E-state index contributed by atoms with van der Waals surface area (Å²) in [6.07, 6.45) is 0.544. The molecule has 0 aromatic heterocycles. The van der Waals surface area contributed by atoms with Crippen LogP contribution >= 0.6 is 0 Å². The molecule has 27 heavy (non-hydrogen) atoms. The van der Waals surface area contributed by atoms with Gasteiger partial charge in [-0.15, -0.1) is 0 Å². The fraction of sp³-hybridized carbons (Fsp3) is 0.364. The van der Waals surface area contributed by atoms with Gasteiger partial charge in [0.2, 0.25) is 5.91 Å². The van der Waals surface area contributed by atoms with Crippen LogP contribution in [0.4, 0.5) is 0 Å². The smallest absolute Gasteiger partial charge is 0.255 e. The summed E-state index contributed by atoms with van der Waals surface area (Å²) in [5.74, 6) is -0.372. The van der Waals surface area contributed by atoms with Crippen LogP contribution in [-0.2, 0) is 17.8 Å². The van der Waals surface area contributed by atoms with Crippen molar-refractivity contribution in [2.45, 2.75) is 38.9 Å². The van der Waals surface area contributed by atoms with Crippen LogP contribution in [0.25, 0.3) is 0 Å². The largest absolute Gasteiger partial charge is 0.394 e. The SMILES string of the molecule is CC(C)[C@@H](C(=O)N[C@H](CO)Cc1ccccc1)N1Cc2ccccc2C1=O. The monoisotopic (exact) mass is 366 g/mol. The molecule has 142 valence electrons. The number of amides is 2. The van der Waals surface area contributed by atoms with Gasteiger partial charge in [-0.1, -0.05) is 62.4 Å². The van der Waals surface area contributed by atoms with Gasteiger partial charge < -0.3 is 15.3 Å².